The summed E-state index contributed by atoms with van der Waals surface area (Å²) in [6, 6.07) is 2.13. The fourth-order valence-corrected chi connectivity index (χ4v) is 2.70. The zero-order valence-electron chi connectivity index (χ0n) is 13.4. The molecule has 3 N–H and O–H groups in total. The van der Waals surface area contributed by atoms with Crippen LogP contribution in [0.15, 0.2) is 18.5 Å². The third-order valence-electron chi connectivity index (χ3n) is 3.25. The molecule has 1 rings (SSSR count). The summed E-state index contributed by atoms with van der Waals surface area (Å²) in [7, 11) is 0. The standard InChI is InChI=1S/C16H29N3O/c1-6-20-14-8-13(10-18-11-14)15(19-17)7-12(2)9-16(3,4)5/h8,10-12,15,19H,6-7,9,17H2,1-5H3. The molecule has 0 amide bonds. The minimum absolute atomic E-state index is 0.111. The van der Waals surface area contributed by atoms with Gasteiger partial charge in [-0.05, 0) is 42.7 Å². The fourth-order valence-electron chi connectivity index (χ4n) is 2.70. The third kappa shape index (κ3) is 5.88. The Morgan fingerprint density at radius 3 is 2.60 bits per heavy atom. The van der Waals surface area contributed by atoms with Crippen LogP contribution in [0.1, 0.15) is 59.1 Å². The van der Waals surface area contributed by atoms with E-state index in [9.17, 15) is 0 Å². The van der Waals surface area contributed by atoms with Crippen molar-refractivity contribution >= 4 is 0 Å². The summed E-state index contributed by atoms with van der Waals surface area (Å²) in [5.41, 5.74) is 4.33. The maximum atomic E-state index is 5.72. The van der Waals surface area contributed by atoms with Crippen LogP contribution >= 0.6 is 0 Å². The van der Waals surface area contributed by atoms with Crippen molar-refractivity contribution in [1.29, 1.82) is 0 Å². The number of pyridine rings is 1. The zero-order chi connectivity index (χ0) is 15.2. The van der Waals surface area contributed by atoms with Crippen LogP contribution in [0.3, 0.4) is 0 Å². The van der Waals surface area contributed by atoms with Gasteiger partial charge in [0, 0.05) is 12.2 Å². The number of hydrogen-bond acceptors (Lipinski definition) is 4. The predicted molar refractivity (Wildman–Crippen MR) is 83.3 cm³/mol. The van der Waals surface area contributed by atoms with E-state index in [2.05, 4.69) is 38.1 Å². The highest BCUT2D eigenvalue weighted by molar-refractivity contribution is 5.26. The van der Waals surface area contributed by atoms with E-state index in [-0.39, 0.29) is 6.04 Å². The molecular weight excluding hydrogens is 250 g/mol. The van der Waals surface area contributed by atoms with Crippen LogP contribution < -0.4 is 16.0 Å². The molecule has 1 heterocycles. The Morgan fingerprint density at radius 1 is 1.35 bits per heavy atom. The summed E-state index contributed by atoms with van der Waals surface area (Å²) in [6.45, 7) is 11.7. The van der Waals surface area contributed by atoms with E-state index >= 15 is 0 Å². The Bertz CT molecular complexity index is 401. The van der Waals surface area contributed by atoms with Gasteiger partial charge in [0.2, 0.25) is 0 Å². The molecule has 2 unspecified atom stereocenters. The fraction of sp³-hybridized carbons (Fsp3) is 0.688. The van der Waals surface area contributed by atoms with Gasteiger partial charge in [-0.1, -0.05) is 27.7 Å². The first-order valence-electron chi connectivity index (χ1n) is 7.39. The van der Waals surface area contributed by atoms with Gasteiger partial charge < -0.3 is 4.74 Å². The normalized spacial score (nSPS) is 14.9. The van der Waals surface area contributed by atoms with Gasteiger partial charge in [-0.3, -0.25) is 16.3 Å². The maximum Gasteiger partial charge on any atom is 0.137 e. The summed E-state index contributed by atoms with van der Waals surface area (Å²) < 4.78 is 5.50. The zero-order valence-corrected chi connectivity index (χ0v) is 13.4. The molecular formula is C16H29N3O. The number of nitrogens with one attached hydrogen (secondary N) is 1. The average Bonchev–Trinajstić information content (AvgIpc) is 2.34. The summed E-state index contributed by atoms with van der Waals surface area (Å²) >= 11 is 0. The SMILES string of the molecule is CCOc1cncc(C(CC(C)CC(C)(C)C)NN)c1. The first-order valence-corrected chi connectivity index (χ1v) is 7.39. The number of hydrogen-bond donors (Lipinski definition) is 2. The highest BCUT2D eigenvalue weighted by Gasteiger charge is 2.20. The van der Waals surface area contributed by atoms with Crippen LogP contribution in [0.4, 0.5) is 0 Å². The quantitative estimate of drug-likeness (QED) is 0.593. The van der Waals surface area contributed by atoms with Gasteiger partial charge in [0.1, 0.15) is 5.75 Å². The van der Waals surface area contributed by atoms with Crippen molar-refractivity contribution in [2.24, 2.45) is 17.2 Å². The van der Waals surface area contributed by atoms with Crippen molar-refractivity contribution in [2.45, 2.75) is 53.5 Å². The number of nitrogens with zero attached hydrogens (tertiary/aromatic N) is 1. The number of ether oxygens (including phenoxy) is 1. The Hall–Kier alpha value is -1.13. The second kappa shape index (κ2) is 7.60. The lowest BCUT2D eigenvalue weighted by Gasteiger charge is -2.26. The highest BCUT2D eigenvalue weighted by Crippen LogP contribution is 2.30. The molecule has 0 aromatic carbocycles. The first kappa shape index (κ1) is 16.9. The van der Waals surface area contributed by atoms with Crippen LogP contribution in [0.5, 0.6) is 5.75 Å². The van der Waals surface area contributed by atoms with Crippen LogP contribution in [-0.4, -0.2) is 11.6 Å². The first-order chi connectivity index (χ1) is 9.35. The van der Waals surface area contributed by atoms with Crippen molar-refractivity contribution < 1.29 is 4.74 Å². The van der Waals surface area contributed by atoms with E-state index in [1.165, 1.54) is 6.42 Å². The van der Waals surface area contributed by atoms with Crippen molar-refractivity contribution in [2.75, 3.05) is 6.61 Å². The maximum absolute atomic E-state index is 5.72. The molecule has 0 spiro atoms. The number of rotatable bonds is 7. The van der Waals surface area contributed by atoms with Crippen LogP contribution in [0.2, 0.25) is 0 Å². The second-order valence-electron chi connectivity index (χ2n) is 6.71. The molecule has 1 aromatic rings. The second-order valence-corrected chi connectivity index (χ2v) is 6.71. The lowest BCUT2D eigenvalue weighted by molar-refractivity contribution is 0.275. The molecule has 4 heteroatoms. The summed E-state index contributed by atoms with van der Waals surface area (Å²) in [5, 5.41) is 0. The summed E-state index contributed by atoms with van der Waals surface area (Å²) in [4.78, 5) is 4.23. The van der Waals surface area contributed by atoms with Gasteiger partial charge in [-0.15, -0.1) is 0 Å². The molecule has 0 fully saturated rings. The molecule has 0 bridgehead atoms. The molecule has 1 aromatic heterocycles. The Kier molecular flexibility index (Phi) is 6.43. The molecule has 0 saturated heterocycles. The van der Waals surface area contributed by atoms with E-state index < -0.39 is 0 Å². The van der Waals surface area contributed by atoms with Crippen molar-refractivity contribution in [1.82, 2.24) is 10.4 Å². The van der Waals surface area contributed by atoms with Crippen molar-refractivity contribution in [3.8, 4) is 5.75 Å². The van der Waals surface area contributed by atoms with Gasteiger partial charge in [-0.25, -0.2) is 0 Å². The van der Waals surface area contributed by atoms with Crippen LogP contribution in [0.25, 0.3) is 0 Å². The highest BCUT2D eigenvalue weighted by atomic mass is 16.5. The summed E-state index contributed by atoms with van der Waals surface area (Å²) in [5.74, 6) is 7.11. The average molecular weight is 279 g/mol. The number of hydrazine groups is 1. The van der Waals surface area contributed by atoms with Gasteiger partial charge in [0.25, 0.3) is 0 Å². The van der Waals surface area contributed by atoms with E-state index in [0.29, 0.717) is 17.9 Å². The van der Waals surface area contributed by atoms with Gasteiger partial charge in [0.05, 0.1) is 12.8 Å². The van der Waals surface area contributed by atoms with Crippen LogP contribution in [0, 0.1) is 11.3 Å². The monoisotopic (exact) mass is 279 g/mol. The van der Waals surface area contributed by atoms with E-state index in [1.54, 1.807) is 6.20 Å². The van der Waals surface area contributed by atoms with E-state index in [0.717, 1.165) is 17.7 Å². The Balaban J connectivity index is 2.72. The predicted octanol–water partition coefficient (Wildman–Crippen LogP) is 3.45. The molecule has 0 aliphatic rings. The smallest absolute Gasteiger partial charge is 0.137 e. The molecule has 4 nitrogen and oxygen atoms in total. The lowest BCUT2D eigenvalue weighted by atomic mass is 9.82. The molecule has 0 aliphatic carbocycles. The topological polar surface area (TPSA) is 60.2 Å². The third-order valence-corrected chi connectivity index (χ3v) is 3.25. The number of nitrogens with two attached hydrogens (primary N) is 1. The van der Waals surface area contributed by atoms with Crippen LogP contribution in [-0.2, 0) is 0 Å². The van der Waals surface area contributed by atoms with E-state index in [4.69, 9.17) is 10.6 Å². The van der Waals surface area contributed by atoms with Gasteiger partial charge in [0.15, 0.2) is 0 Å². The molecule has 0 aliphatic heterocycles. The van der Waals surface area contributed by atoms with Gasteiger partial charge >= 0.3 is 0 Å². The molecule has 2 atom stereocenters. The minimum Gasteiger partial charge on any atom is -0.492 e. The summed E-state index contributed by atoms with van der Waals surface area (Å²) in [6.07, 6.45) is 5.75. The molecule has 0 radical (unpaired) electrons. The van der Waals surface area contributed by atoms with Crippen molar-refractivity contribution in [3.63, 3.8) is 0 Å². The van der Waals surface area contributed by atoms with Gasteiger partial charge in [-0.2, -0.15) is 0 Å². The molecule has 114 valence electrons. The largest absolute Gasteiger partial charge is 0.492 e. The Labute approximate surface area is 123 Å². The minimum atomic E-state index is 0.111. The molecule has 20 heavy (non-hydrogen) atoms. The lowest BCUT2D eigenvalue weighted by Crippen LogP contribution is -2.30. The Morgan fingerprint density at radius 2 is 2.05 bits per heavy atom. The number of aromatic nitrogens is 1. The van der Waals surface area contributed by atoms with E-state index in [1.807, 2.05) is 19.2 Å². The molecule has 0 saturated carbocycles. The van der Waals surface area contributed by atoms with Crippen molar-refractivity contribution in [3.05, 3.63) is 24.0 Å².